The number of hydrogen-bond donors (Lipinski definition) is 2. The summed E-state index contributed by atoms with van der Waals surface area (Å²) in [6, 6.07) is 16.2. The molecule has 1 saturated heterocycles. The average Bonchev–Trinajstić information content (AvgIpc) is 3.49. The molecule has 4 heterocycles. The number of aryl methyl sites for hydroxylation is 1. The normalized spacial score (nSPS) is 15.7. The van der Waals surface area contributed by atoms with Crippen LogP contribution in [-0.2, 0) is 13.1 Å². The van der Waals surface area contributed by atoms with Crippen molar-refractivity contribution in [2.45, 2.75) is 20.0 Å². The Labute approximate surface area is 197 Å². The molecule has 2 aliphatic heterocycles. The summed E-state index contributed by atoms with van der Waals surface area (Å²) in [5.41, 5.74) is 4.19. The number of nitrogens with one attached hydrogen (secondary N) is 2. The molecule has 2 aromatic heterocycles. The molecule has 34 heavy (non-hydrogen) atoms. The van der Waals surface area contributed by atoms with Gasteiger partial charge in [-0.05, 0) is 36.8 Å². The van der Waals surface area contributed by atoms with E-state index in [2.05, 4.69) is 37.2 Å². The van der Waals surface area contributed by atoms with Crippen molar-refractivity contribution in [2.24, 2.45) is 0 Å². The Balaban J connectivity index is 1.07. The molecule has 2 N–H and O–H groups in total. The highest BCUT2D eigenvalue weighted by molar-refractivity contribution is 5.74. The summed E-state index contributed by atoms with van der Waals surface area (Å²) in [4.78, 5) is 22.2. The third-order valence-corrected chi connectivity index (χ3v) is 6.22. The monoisotopic (exact) mass is 457 g/mol. The minimum absolute atomic E-state index is 0.309. The Hall–Kier alpha value is -3.85. The SMILES string of the molecule is Cc1cc(NCc2nc3ccccc3[nH]2)nc(N2CCN(Cc3ccc4c(c3)OCO4)CC2)n1. The zero-order chi connectivity index (χ0) is 22.9. The summed E-state index contributed by atoms with van der Waals surface area (Å²) in [5.74, 6) is 4.14. The van der Waals surface area contributed by atoms with Crippen LogP contribution < -0.4 is 19.7 Å². The van der Waals surface area contributed by atoms with Gasteiger partial charge in [-0.1, -0.05) is 18.2 Å². The summed E-state index contributed by atoms with van der Waals surface area (Å²) in [6.07, 6.45) is 0. The number of para-hydroxylation sites is 2. The van der Waals surface area contributed by atoms with E-state index in [-0.39, 0.29) is 0 Å². The van der Waals surface area contributed by atoms with Crippen LogP contribution in [0.3, 0.4) is 0 Å². The number of anilines is 2. The number of piperazine rings is 1. The Morgan fingerprint density at radius 3 is 2.68 bits per heavy atom. The molecule has 0 amide bonds. The maximum atomic E-state index is 5.51. The third kappa shape index (κ3) is 4.34. The first-order valence-corrected chi connectivity index (χ1v) is 11.6. The number of aromatic amines is 1. The molecular formula is C25H27N7O2. The fourth-order valence-electron chi connectivity index (χ4n) is 4.45. The van der Waals surface area contributed by atoms with Gasteiger partial charge in [-0.3, -0.25) is 4.90 Å². The molecule has 1 fully saturated rings. The van der Waals surface area contributed by atoms with E-state index < -0.39 is 0 Å². The van der Waals surface area contributed by atoms with Crippen LogP contribution in [0.25, 0.3) is 11.0 Å². The lowest BCUT2D eigenvalue weighted by Crippen LogP contribution is -2.46. The third-order valence-electron chi connectivity index (χ3n) is 6.22. The quantitative estimate of drug-likeness (QED) is 0.456. The Bertz CT molecular complexity index is 1280. The van der Waals surface area contributed by atoms with Gasteiger partial charge in [0.15, 0.2) is 11.5 Å². The van der Waals surface area contributed by atoms with Gasteiger partial charge in [-0.15, -0.1) is 0 Å². The summed E-state index contributed by atoms with van der Waals surface area (Å²) in [7, 11) is 0. The summed E-state index contributed by atoms with van der Waals surface area (Å²) < 4.78 is 10.9. The molecule has 2 aromatic carbocycles. The van der Waals surface area contributed by atoms with Crippen LogP contribution in [0.2, 0.25) is 0 Å². The Morgan fingerprint density at radius 1 is 0.941 bits per heavy atom. The topological polar surface area (TPSA) is 91.4 Å². The van der Waals surface area contributed by atoms with Crippen LogP contribution in [0, 0.1) is 6.92 Å². The van der Waals surface area contributed by atoms with Gasteiger partial charge in [0.25, 0.3) is 0 Å². The van der Waals surface area contributed by atoms with E-state index in [0.29, 0.717) is 13.3 Å². The number of rotatable bonds is 6. The molecule has 0 radical (unpaired) electrons. The molecule has 4 aromatic rings. The highest BCUT2D eigenvalue weighted by Crippen LogP contribution is 2.33. The summed E-state index contributed by atoms with van der Waals surface area (Å²) >= 11 is 0. The number of ether oxygens (including phenoxy) is 2. The van der Waals surface area contributed by atoms with Crippen LogP contribution >= 0.6 is 0 Å². The zero-order valence-electron chi connectivity index (χ0n) is 19.1. The molecule has 0 bridgehead atoms. The Morgan fingerprint density at radius 2 is 1.79 bits per heavy atom. The fourth-order valence-corrected chi connectivity index (χ4v) is 4.45. The number of aromatic nitrogens is 4. The maximum Gasteiger partial charge on any atom is 0.231 e. The van der Waals surface area contributed by atoms with Gasteiger partial charge in [-0.2, -0.15) is 4.98 Å². The molecule has 0 saturated carbocycles. The lowest BCUT2D eigenvalue weighted by atomic mass is 10.1. The molecule has 9 heteroatoms. The predicted octanol–water partition coefficient (Wildman–Crippen LogP) is 3.32. The highest BCUT2D eigenvalue weighted by atomic mass is 16.7. The highest BCUT2D eigenvalue weighted by Gasteiger charge is 2.21. The lowest BCUT2D eigenvalue weighted by molar-refractivity contribution is 0.174. The molecule has 174 valence electrons. The van der Waals surface area contributed by atoms with Gasteiger partial charge >= 0.3 is 0 Å². The number of fused-ring (bicyclic) bond motifs is 2. The van der Waals surface area contributed by atoms with Crippen LogP contribution in [0.1, 0.15) is 17.1 Å². The lowest BCUT2D eigenvalue weighted by Gasteiger charge is -2.35. The van der Waals surface area contributed by atoms with Gasteiger partial charge in [0.1, 0.15) is 11.6 Å². The molecule has 0 spiro atoms. The number of nitrogens with zero attached hydrogens (tertiary/aromatic N) is 5. The van der Waals surface area contributed by atoms with E-state index in [1.54, 1.807) is 0 Å². The molecule has 0 unspecified atom stereocenters. The van der Waals surface area contributed by atoms with E-state index in [1.807, 2.05) is 43.3 Å². The van der Waals surface area contributed by atoms with Crippen LogP contribution in [-0.4, -0.2) is 57.8 Å². The van der Waals surface area contributed by atoms with Crippen molar-refractivity contribution < 1.29 is 9.47 Å². The van der Waals surface area contributed by atoms with Crippen molar-refractivity contribution >= 4 is 22.8 Å². The second-order valence-electron chi connectivity index (χ2n) is 8.70. The van der Waals surface area contributed by atoms with Crippen LogP contribution in [0.5, 0.6) is 11.5 Å². The van der Waals surface area contributed by atoms with E-state index in [9.17, 15) is 0 Å². The Kier molecular flexibility index (Phi) is 5.38. The van der Waals surface area contributed by atoms with Gasteiger partial charge in [0, 0.05) is 44.5 Å². The molecule has 9 nitrogen and oxygen atoms in total. The van der Waals surface area contributed by atoms with E-state index in [1.165, 1.54) is 5.56 Å². The van der Waals surface area contributed by atoms with Crippen LogP contribution in [0.4, 0.5) is 11.8 Å². The number of hydrogen-bond acceptors (Lipinski definition) is 8. The minimum Gasteiger partial charge on any atom is -0.454 e. The first kappa shape index (κ1) is 20.7. The largest absolute Gasteiger partial charge is 0.454 e. The minimum atomic E-state index is 0.309. The zero-order valence-corrected chi connectivity index (χ0v) is 19.1. The molecule has 2 aliphatic rings. The molecule has 0 atom stereocenters. The summed E-state index contributed by atoms with van der Waals surface area (Å²) in [5, 5.41) is 3.40. The van der Waals surface area contributed by atoms with Gasteiger partial charge in [0.2, 0.25) is 12.7 Å². The number of benzene rings is 2. The smallest absolute Gasteiger partial charge is 0.231 e. The standard InChI is InChI=1S/C25H27N7O2/c1-17-12-23(26-14-24-28-19-4-2-3-5-20(19)29-24)30-25(27-17)32-10-8-31(9-11-32)15-18-6-7-21-22(13-18)34-16-33-21/h2-7,12-13H,8-11,14-16H2,1H3,(H,28,29)(H,26,27,30). The van der Waals surface area contributed by atoms with Gasteiger partial charge < -0.3 is 24.7 Å². The van der Waals surface area contributed by atoms with Crippen molar-refractivity contribution in [2.75, 3.05) is 43.2 Å². The first-order valence-electron chi connectivity index (χ1n) is 11.6. The number of imidazole rings is 1. The molecule has 6 rings (SSSR count). The van der Waals surface area contributed by atoms with Crippen molar-refractivity contribution in [3.05, 3.63) is 65.6 Å². The van der Waals surface area contributed by atoms with Crippen molar-refractivity contribution in [1.82, 2.24) is 24.8 Å². The second-order valence-corrected chi connectivity index (χ2v) is 8.70. The average molecular weight is 458 g/mol. The van der Waals surface area contributed by atoms with E-state index in [0.717, 1.165) is 78.5 Å². The van der Waals surface area contributed by atoms with Crippen molar-refractivity contribution in [3.63, 3.8) is 0 Å². The van der Waals surface area contributed by atoms with Crippen molar-refractivity contribution in [1.29, 1.82) is 0 Å². The fraction of sp³-hybridized carbons (Fsp3) is 0.320. The predicted molar refractivity (Wildman–Crippen MR) is 130 cm³/mol. The van der Waals surface area contributed by atoms with E-state index in [4.69, 9.17) is 19.4 Å². The van der Waals surface area contributed by atoms with Gasteiger partial charge in [0.05, 0.1) is 17.6 Å². The first-order chi connectivity index (χ1) is 16.7. The maximum absolute atomic E-state index is 5.51. The molecule has 0 aliphatic carbocycles. The van der Waals surface area contributed by atoms with Gasteiger partial charge in [-0.25, -0.2) is 9.97 Å². The van der Waals surface area contributed by atoms with E-state index >= 15 is 0 Å². The van der Waals surface area contributed by atoms with Crippen molar-refractivity contribution in [3.8, 4) is 11.5 Å². The molecular weight excluding hydrogens is 430 g/mol. The number of H-pyrrole nitrogens is 1. The second kappa shape index (κ2) is 8.83. The van der Waals surface area contributed by atoms with Crippen LogP contribution in [0.15, 0.2) is 48.5 Å². The summed E-state index contributed by atoms with van der Waals surface area (Å²) in [6.45, 7) is 7.46.